The average molecular weight is 341 g/mol. The Bertz CT molecular complexity index is 707. The third-order valence-corrected chi connectivity index (χ3v) is 3.68. The molecule has 2 aromatic rings. The molecule has 0 saturated carbocycles. The zero-order valence-electron chi connectivity index (χ0n) is 14.7. The second kappa shape index (κ2) is 8.87. The van der Waals surface area contributed by atoms with Gasteiger partial charge in [-0.1, -0.05) is 6.92 Å². The van der Waals surface area contributed by atoms with Crippen molar-refractivity contribution in [2.75, 3.05) is 11.9 Å². The van der Waals surface area contributed by atoms with Crippen molar-refractivity contribution in [3.05, 3.63) is 59.7 Å². The summed E-state index contributed by atoms with van der Waals surface area (Å²) in [5.41, 5.74) is 1.59. The largest absolute Gasteiger partial charge is 0.491 e. The van der Waals surface area contributed by atoms with E-state index in [2.05, 4.69) is 12.2 Å². The SMILES string of the molecule is CCOC(=O)c1ccc(NC(=O)c2ccc(OC(C)CC)cc2)cc1. The van der Waals surface area contributed by atoms with E-state index in [0.717, 1.165) is 12.2 Å². The fraction of sp³-hybridized carbons (Fsp3) is 0.300. The van der Waals surface area contributed by atoms with Crippen LogP contribution in [0.4, 0.5) is 5.69 Å². The quantitative estimate of drug-likeness (QED) is 0.763. The summed E-state index contributed by atoms with van der Waals surface area (Å²) in [4.78, 5) is 23.9. The molecule has 0 bridgehead atoms. The number of hydrogen-bond donors (Lipinski definition) is 1. The molecule has 5 nitrogen and oxygen atoms in total. The summed E-state index contributed by atoms with van der Waals surface area (Å²) in [6, 6.07) is 13.6. The van der Waals surface area contributed by atoms with Gasteiger partial charge in [0.05, 0.1) is 18.3 Å². The first-order valence-electron chi connectivity index (χ1n) is 8.38. The van der Waals surface area contributed by atoms with E-state index in [1.807, 2.05) is 6.92 Å². The molecule has 0 radical (unpaired) electrons. The van der Waals surface area contributed by atoms with Gasteiger partial charge in [0.2, 0.25) is 0 Å². The molecule has 0 aliphatic heterocycles. The maximum absolute atomic E-state index is 12.3. The highest BCUT2D eigenvalue weighted by atomic mass is 16.5. The standard InChI is InChI=1S/C20H23NO4/c1-4-14(3)25-18-12-8-15(9-13-18)19(22)21-17-10-6-16(7-11-17)20(23)24-5-2/h6-14H,4-5H2,1-3H3,(H,21,22). The first kappa shape index (κ1) is 18.5. The molecule has 5 heteroatoms. The average Bonchev–Trinajstić information content (AvgIpc) is 2.63. The highest BCUT2D eigenvalue weighted by Crippen LogP contribution is 2.17. The molecule has 1 amide bonds. The van der Waals surface area contributed by atoms with Crippen LogP contribution < -0.4 is 10.1 Å². The molecular weight excluding hydrogens is 318 g/mol. The topological polar surface area (TPSA) is 64.6 Å². The minimum absolute atomic E-state index is 0.137. The van der Waals surface area contributed by atoms with Crippen molar-refractivity contribution >= 4 is 17.6 Å². The van der Waals surface area contributed by atoms with Crippen molar-refractivity contribution in [3.63, 3.8) is 0 Å². The van der Waals surface area contributed by atoms with Gasteiger partial charge in [0.1, 0.15) is 5.75 Å². The van der Waals surface area contributed by atoms with Crippen LogP contribution in [0.5, 0.6) is 5.75 Å². The molecule has 0 fully saturated rings. The number of benzene rings is 2. The van der Waals surface area contributed by atoms with E-state index in [0.29, 0.717) is 23.4 Å². The van der Waals surface area contributed by atoms with Gasteiger partial charge in [-0.2, -0.15) is 0 Å². The molecular formula is C20H23NO4. The summed E-state index contributed by atoms with van der Waals surface area (Å²) in [5.74, 6) is 0.140. The Labute approximate surface area is 148 Å². The number of nitrogens with one attached hydrogen (secondary N) is 1. The van der Waals surface area contributed by atoms with Gasteiger partial charge in [-0.05, 0) is 68.8 Å². The summed E-state index contributed by atoms with van der Waals surface area (Å²) in [6.45, 7) is 6.14. The fourth-order valence-electron chi connectivity index (χ4n) is 2.11. The van der Waals surface area contributed by atoms with Gasteiger partial charge in [0.25, 0.3) is 5.91 Å². The maximum Gasteiger partial charge on any atom is 0.338 e. The molecule has 132 valence electrons. The molecule has 0 spiro atoms. The molecule has 0 aliphatic carbocycles. The highest BCUT2D eigenvalue weighted by Gasteiger charge is 2.09. The van der Waals surface area contributed by atoms with Crippen LogP contribution in [0.25, 0.3) is 0 Å². The van der Waals surface area contributed by atoms with Crippen molar-refractivity contribution in [1.82, 2.24) is 0 Å². The van der Waals surface area contributed by atoms with Crippen LogP contribution in [0.1, 0.15) is 47.9 Å². The van der Waals surface area contributed by atoms with Crippen LogP contribution in [-0.4, -0.2) is 24.6 Å². The Morgan fingerprint density at radius 2 is 1.56 bits per heavy atom. The second-order valence-electron chi connectivity index (χ2n) is 5.61. The third-order valence-electron chi connectivity index (χ3n) is 3.68. The van der Waals surface area contributed by atoms with E-state index in [1.54, 1.807) is 55.5 Å². The minimum Gasteiger partial charge on any atom is -0.491 e. The smallest absolute Gasteiger partial charge is 0.338 e. The van der Waals surface area contributed by atoms with E-state index in [9.17, 15) is 9.59 Å². The van der Waals surface area contributed by atoms with Gasteiger partial charge in [-0.15, -0.1) is 0 Å². The molecule has 0 saturated heterocycles. The lowest BCUT2D eigenvalue weighted by molar-refractivity contribution is 0.0526. The lowest BCUT2D eigenvalue weighted by Crippen LogP contribution is -2.13. The number of hydrogen-bond acceptors (Lipinski definition) is 4. The normalized spacial score (nSPS) is 11.5. The van der Waals surface area contributed by atoms with Crippen LogP contribution in [-0.2, 0) is 4.74 Å². The van der Waals surface area contributed by atoms with Gasteiger partial charge < -0.3 is 14.8 Å². The van der Waals surface area contributed by atoms with E-state index >= 15 is 0 Å². The molecule has 0 aliphatic rings. The van der Waals surface area contributed by atoms with Crippen molar-refractivity contribution in [2.45, 2.75) is 33.3 Å². The molecule has 2 aromatic carbocycles. The number of rotatable bonds is 7. The fourth-order valence-corrected chi connectivity index (χ4v) is 2.11. The molecule has 25 heavy (non-hydrogen) atoms. The lowest BCUT2D eigenvalue weighted by Gasteiger charge is -2.12. The summed E-state index contributed by atoms with van der Waals surface area (Å²) in [6.07, 6.45) is 1.06. The van der Waals surface area contributed by atoms with Gasteiger partial charge in [-0.3, -0.25) is 4.79 Å². The summed E-state index contributed by atoms with van der Waals surface area (Å²) >= 11 is 0. The number of amides is 1. The second-order valence-corrected chi connectivity index (χ2v) is 5.61. The van der Waals surface area contributed by atoms with Gasteiger partial charge >= 0.3 is 5.97 Å². The number of esters is 1. The van der Waals surface area contributed by atoms with Crippen LogP contribution in [0.3, 0.4) is 0 Å². The van der Waals surface area contributed by atoms with Crippen LogP contribution in [0, 0.1) is 0 Å². The van der Waals surface area contributed by atoms with E-state index in [-0.39, 0.29) is 18.0 Å². The lowest BCUT2D eigenvalue weighted by atomic mass is 10.1. The monoisotopic (exact) mass is 341 g/mol. The van der Waals surface area contributed by atoms with Gasteiger partial charge in [0, 0.05) is 11.3 Å². The molecule has 0 aromatic heterocycles. The first-order valence-corrected chi connectivity index (χ1v) is 8.38. The molecule has 1 unspecified atom stereocenters. The van der Waals surface area contributed by atoms with Crippen molar-refractivity contribution in [3.8, 4) is 5.75 Å². The Kier molecular flexibility index (Phi) is 6.57. The Balaban J connectivity index is 1.98. The number of anilines is 1. The molecule has 0 heterocycles. The molecule has 1 atom stereocenters. The minimum atomic E-state index is -0.378. The predicted molar refractivity (Wildman–Crippen MR) is 97.2 cm³/mol. The van der Waals surface area contributed by atoms with E-state index in [1.165, 1.54) is 0 Å². The Hall–Kier alpha value is -2.82. The van der Waals surface area contributed by atoms with E-state index in [4.69, 9.17) is 9.47 Å². The molecule has 2 rings (SSSR count). The Morgan fingerprint density at radius 1 is 0.960 bits per heavy atom. The van der Waals surface area contributed by atoms with Crippen LogP contribution >= 0.6 is 0 Å². The van der Waals surface area contributed by atoms with Crippen LogP contribution in [0.2, 0.25) is 0 Å². The summed E-state index contributed by atoms with van der Waals surface area (Å²) < 4.78 is 10.6. The van der Waals surface area contributed by atoms with Crippen molar-refractivity contribution in [1.29, 1.82) is 0 Å². The summed E-state index contributed by atoms with van der Waals surface area (Å²) in [5, 5.41) is 2.80. The predicted octanol–water partition coefficient (Wildman–Crippen LogP) is 4.29. The van der Waals surface area contributed by atoms with E-state index < -0.39 is 0 Å². The van der Waals surface area contributed by atoms with Gasteiger partial charge in [0.15, 0.2) is 0 Å². The number of carbonyl (C=O) groups excluding carboxylic acids is 2. The summed E-state index contributed by atoms with van der Waals surface area (Å²) in [7, 11) is 0. The van der Waals surface area contributed by atoms with Gasteiger partial charge in [-0.25, -0.2) is 4.79 Å². The number of carbonyl (C=O) groups is 2. The van der Waals surface area contributed by atoms with Crippen LogP contribution in [0.15, 0.2) is 48.5 Å². The maximum atomic E-state index is 12.3. The first-order chi connectivity index (χ1) is 12.0. The third kappa shape index (κ3) is 5.35. The molecule has 1 N–H and O–H groups in total. The number of ether oxygens (including phenoxy) is 2. The Morgan fingerprint density at radius 3 is 2.12 bits per heavy atom. The van der Waals surface area contributed by atoms with Crippen molar-refractivity contribution in [2.24, 2.45) is 0 Å². The highest BCUT2D eigenvalue weighted by molar-refractivity contribution is 6.04. The zero-order chi connectivity index (χ0) is 18.2. The van der Waals surface area contributed by atoms with Crippen molar-refractivity contribution < 1.29 is 19.1 Å². The zero-order valence-corrected chi connectivity index (χ0v) is 14.7.